The molecular formula is C42H29N. The van der Waals surface area contributed by atoms with Crippen molar-refractivity contribution in [1.82, 2.24) is 4.57 Å². The van der Waals surface area contributed by atoms with E-state index in [0.29, 0.717) is 0 Å². The van der Waals surface area contributed by atoms with Crippen molar-refractivity contribution in [2.45, 2.75) is 0 Å². The van der Waals surface area contributed by atoms with Crippen LogP contribution in [-0.4, -0.2) is 4.57 Å². The minimum absolute atomic E-state index is 1.14. The highest BCUT2D eigenvalue weighted by molar-refractivity contribution is 6.09. The summed E-state index contributed by atoms with van der Waals surface area (Å²) in [5, 5.41) is 4.98. The van der Waals surface area contributed by atoms with Gasteiger partial charge in [-0.1, -0.05) is 140 Å². The fourth-order valence-electron chi connectivity index (χ4n) is 6.36. The van der Waals surface area contributed by atoms with Crippen molar-refractivity contribution in [2.75, 3.05) is 0 Å². The van der Waals surface area contributed by atoms with Gasteiger partial charge in [0.25, 0.3) is 0 Å². The second-order valence-corrected chi connectivity index (χ2v) is 11.0. The van der Waals surface area contributed by atoms with E-state index < -0.39 is 0 Å². The summed E-state index contributed by atoms with van der Waals surface area (Å²) in [5.41, 5.74) is 10.8. The molecule has 0 bridgehead atoms. The molecule has 0 fully saturated rings. The molecule has 0 radical (unpaired) electrons. The highest BCUT2D eigenvalue weighted by Crippen LogP contribution is 2.40. The van der Waals surface area contributed by atoms with Crippen LogP contribution in [0.15, 0.2) is 176 Å². The fraction of sp³-hybridized carbons (Fsp3) is 0. The van der Waals surface area contributed by atoms with Gasteiger partial charge in [0.1, 0.15) is 0 Å². The second kappa shape index (κ2) is 10.6. The SMILES string of the molecule is c1ccc(-c2cccc3cc4c(-c5ccccc5)cc(-n5c(-c6ccccc6)ccc5-c5ccccc5)cc4cc23)cc1. The number of nitrogens with zero attached hydrogens (tertiary/aromatic N) is 1. The van der Waals surface area contributed by atoms with Crippen molar-refractivity contribution in [3.63, 3.8) is 0 Å². The summed E-state index contributed by atoms with van der Waals surface area (Å²) < 4.78 is 2.42. The molecular weight excluding hydrogens is 518 g/mol. The fourth-order valence-corrected chi connectivity index (χ4v) is 6.36. The Balaban J connectivity index is 1.46. The van der Waals surface area contributed by atoms with Crippen LogP contribution in [0.25, 0.3) is 72.0 Å². The average Bonchev–Trinajstić information content (AvgIpc) is 3.54. The van der Waals surface area contributed by atoms with Gasteiger partial charge in [0, 0.05) is 5.69 Å². The Morgan fingerprint density at radius 1 is 0.302 bits per heavy atom. The van der Waals surface area contributed by atoms with Gasteiger partial charge >= 0.3 is 0 Å². The first-order valence-corrected chi connectivity index (χ1v) is 14.8. The van der Waals surface area contributed by atoms with Crippen molar-refractivity contribution >= 4 is 21.5 Å². The molecule has 0 atom stereocenters. The molecule has 0 saturated heterocycles. The number of fused-ring (bicyclic) bond motifs is 2. The third-order valence-electron chi connectivity index (χ3n) is 8.38. The lowest BCUT2D eigenvalue weighted by Gasteiger charge is -2.18. The average molecular weight is 548 g/mol. The Morgan fingerprint density at radius 3 is 1.33 bits per heavy atom. The number of benzene rings is 7. The van der Waals surface area contributed by atoms with E-state index in [1.165, 1.54) is 66.3 Å². The predicted molar refractivity (Wildman–Crippen MR) is 183 cm³/mol. The maximum absolute atomic E-state index is 2.42. The summed E-state index contributed by atoms with van der Waals surface area (Å²) in [6, 6.07) is 63.5. The van der Waals surface area contributed by atoms with Gasteiger partial charge in [0.05, 0.1) is 11.4 Å². The van der Waals surface area contributed by atoms with Crippen LogP contribution in [0, 0.1) is 0 Å². The number of hydrogen-bond acceptors (Lipinski definition) is 0. The van der Waals surface area contributed by atoms with Crippen molar-refractivity contribution in [2.24, 2.45) is 0 Å². The Labute approximate surface area is 251 Å². The van der Waals surface area contributed by atoms with Gasteiger partial charge in [-0.3, -0.25) is 0 Å². The highest BCUT2D eigenvalue weighted by Gasteiger charge is 2.17. The Bertz CT molecular complexity index is 2140. The van der Waals surface area contributed by atoms with Gasteiger partial charge in [0.2, 0.25) is 0 Å². The van der Waals surface area contributed by atoms with Crippen LogP contribution < -0.4 is 0 Å². The first-order valence-electron chi connectivity index (χ1n) is 14.8. The molecule has 0 aliphatic rings. The lowest BCUT2D eigenvalue weighted by molar-refractivity contribution is 1.10. The molecule has 1 nitrogen and oxygen atoms in total. The second-order valence-electron chi connectivity index (χ2n) is 11.0. The largest absolute Gasteiger partial charge is 0.309 e. The summed E-state index contributed by atoms with van der Waals surface area (Å²) in [5.74, 6) is 0. The van der Waals surface area contributed by atoms with E-state index in [4.69, 9.17) is 0 Å². The summed E-state index contributed by atoms with van der Waals surface area (Å²) >= 11 is 0. The molecule has 1 heterocycles. The van der Waals surface area contributed by atoms with Crippen molar-refractivity contribution in [1.29, 1.82) is 0 Å². The number of rotatable bonds is 5. The summed E-state index contributed by atoms with van der Waals surface area (Å²) in [6.07, 6.45) is 0. The molecule has 7 aromatic carbocycles. The zero-order valence-corrected chi connectivity index (χ0v) is 23.7. The molecule has 1 aromatic heterocycles. The highest BCUT2D eigenvalue weighted by atomic mass is 15.0. The van der Waals surface area contributed by atoms with Gasteiger partial charge in [-0.15, -0.1) is 0 Å². The van der Waals surface area contributed by atoms with Crippen LogP contribution in [0.4, 0.5) is 0 Å². The molecule has 202 valence electrons. The third-order valence-corrected chi connectivity index (χ3v) is 8.38. The minimum Gasteiger partial charge on any atom is -0.309 e. The van der Waals surface area contributed by atoms with Crippen LogP contribution in [0.3, 0.4) is 0 Å². The molecule has 43 heavy (non-hydrogen) atoms. The molecule has 0 aliphatic carbocycles. The van der Waals surface area contributed by atoms with Crippen LogP contribution >= 0.6 is 0 Å². The predicted octanol–water partition coefficient (Wildman–Crippen LogP) is 11.5. The van der Waals surface area contributed by atoms with Crippen molar-refractivity contribution in [3.05, 3.63) is 176 Å². The van der Waals surface area contributed by atoms with Crippen LogP contribution in [0.5, 0.6) is 0 Å². The van der Waals surface area contributed by atoms with Gasteiger partial charge in [0.15, 0.2) is 0 Å². The zero-order valence-electron chi connectivity index (χ0n) is 23.7. The molecule has 1 heteroatoms. The Kier molecular flexibility index (Phi) is 6.20. The van der Waals surface area contributed by atoms with E-state index in [-0.39, 0.29) is 0 Å². The molecule has 0 unspecified atom stereocenters. The van der Waals surface area contributed by atoms with Crippen molar-refractivity contribution in [3.8, 4) is 50.5 Å². The van der Waals surface area contributed by atoms with Crippen LogP contribution in [0.2, 0.25) is 0 Å². The van der Waals surface area contributed by atoms with E-state index in [1.807, 2.05) is 0 Å². The van der Waals surface area contributed by atoms with E-state index in [1.54, 1.807) is 0 Å². The molecule has 8 aromatic rings. The van der Waals surface area contributed by atoms with Gasteiger partial charge in [-0.25, -0.2) is 0 Å². The molecule has 0 amide bonds. The maximum Gasteiger partial charge on any atom is 0.0535 e. The van der Waals surface area contributed by atoms with E-state index in [0.717, 1.165) is 5.69 Å². The lowest BCUT2D eigenvalue weighted by Crippen LogP contribution is -2.00. The summed E-state index contributed by atoms with van der Waals surface area (Å²) in [4.78, 5) is 0. The van der Waals surface area contributed by atoms with E-state index in [2.05, 4.69) is 180 Å². The summed E-state index contributed by atoms with van der Waals surface area (Å²) in [7, 11) is 0. The standard InChI is InChI=1S/C42H29N/c1-5-14-30(15-6-1)37-23-13-22-34-27-39-35(28-38(34)37)26-36(29-40(39)31-16-7-2-8-17-31)43-41(32-18-9-3-10-19-32)24-25-42(43)33-20-11-4-12-21-33/h1-29H. The van der Waals surface area contributed by atoms with Crippen molar-refractivity contribution < 1.29 is 0 Å². The van der Waals surface area contributed by atoms with Gasteiger partial charge < -0.3 is 4.57 Å². The summed E-state index contributed by atoms with van der Waals surface area (Å²) in [6.45, 7) is 0. The van der Waals surface area contributed by atoms with E-state index >= 15 is 0 Å². The molecule has 0 spiro atoms. The normalized spacial score (nSPS) is 11.3. The minimum atomic E-state index is 1.14. The zero-order chi connectivity index (χ0) is 28.6. The van der Waals surface area contributed by atoms with Crippen LogP contribution in [-0.2, 0) is 0 Å². The first-order chi connectivity index (χ1) is 21.3. The molecule has 0 aliphatic heterocycles. The molecule has 8 rings (SSSR count). The third kappa shape index (κ3) is 4.52. The topological polar surface area (TPSA) is 4.93 Å². The maximum atomic E-state index is 2.42. The van der Waals surface area contributed by atoms with E-state index in [9.17, 15) is 0 Å². The molecule has 0 N–H and O–H groups in total. The Hall–Kier alpha value is -5.66. The quantitative estimate of drug-likeness (QED) is 0.189. The van der Waals surface area contributed by atoms with Crippen LogP contribution in [0.1, 0.15) is 0 Å². The molecule has 0 saturated carbocycles. The smallest absolute Gasteiger partial charge is 0.0535 e. The van der Waals surface area contributed by atoms with Gasteiger partial charge in [-0.05, 0) is 91.3 Å². The monoisotopic (exact) mass is 547 g/mol. The van der Waals surface area contributed by atoms with Gasteiger partial charge in [-0.2, -0.15) is 0 Å². The Morgan fingerprint density at radius 2 is 0.767 bits per heavy atom. The first kappa shape index (κ1) is 25.1. The lowest BCUT2D eigenvalue weighted by atomic mass is 9.91. The number of aromatic nitrogens is 1. The number of hydrogen-bond donors (Lipinski definition) is 0.